The highest BCUT2D eigenvalue weighted by molar-refractivity contribution is 7.88. The number of hydrogen-bond acceptors (Lipinski definition) is 7. The molecule has 2 N–H and O–H groups in total. The standard InChI is InChI=1S/C25H27N5O3S/c1-17-12-18-6-7-21(14-19(18)13-17)27-24-8-10-26-25(29-24)28-20-4-3-5-22(15-20)33-23-9-11-30(16-23)34(2,31)32/h3-8,10,13-15,23H,9,11-12,16H2,1-2H3,(H2,26,27,28,29)/t23-/m0/s1. The van der Waals surface area contributed by atoms with E-state index in [1.54, 1.807) is 6.20 Å². The van der Waals surface area contributed by atoms with Crippen molar-refractivity contribution in [2.24, 2.45) is 0 Å². The van der Waals surface area contributed by atoms with Crippen LogP contribution in [0.1, 0.15) is 24.5 Å². The van der Waals surface area contributed by atoms with Gasteiger partial charge in [0.1, 0.15) is 17.7 Å². The first-order valence-corrected chi connectivity index (χ1v) is 13.1. The van der Waals surface area contributed by atoms with E-state index in [1.807, 2.05) is 30.3 Å². The lowest BCUT2D eigenvalue weighted by Crippen LogP contribution is -2.29. The van der Waals surface area contributed by atoms with Gasteiger partial charge in [-0.2, -0.15) is 9.29 Å². The molecule has 1 aliphatic carbocycles. The van der Waals surface area contributed by atoms with Gasteiger partial charge in [-0.15, -0.1) is 0 Å². The van der Waals surface area contributed by atoms with Crippen molar-refractivity contribution in [3.63, 3.8) is 0 Å². The Bertz CT molecular complexity index is 1360. The normalized spacial score (nSPS) is 17.8. The maximum absolute atomic E-state index is 11.7. The number of ether oxygens (including phenoxy) is 1. The molecule has 3 aromatic rings. The van der Waals surface area contributed by atoms with Gasteiger partial charge in [-0.1, -0.05) is 23.8 Å². The topological polar surface area (TPSA) is 96.5 Å². The zero-order chi connectivity index (χ0) is 23.7. The van der Waals surface area contributed by atoms with Crippen LogP contribution in [0.2, 0.25) is 0 Å². The Morgan fingerprint density at radius 1 is 1.09 bits per heavy atom. The van der Waals surface area contributed by atoms with Crippen molar-refractivity contribution < 1.29 is 13.2 Å². The van der Waals surface area contributed by atoms with Crippen LogP contribution in [-0.2, 0) is 16.4 Å². The first kappa shape index (κ1) is 22.4. The van der Waals surface area contributed by atoms with E-state index in [2.05, 4.69) is 51.8 Å². The van der Waals surface area contributed by atoms with Crippen molar-refractivity contribution in [1.29, 1.82) is 0 Å². The zero-order valence-electron chi connectivity index (χ0n) is 19.2. The molecule has 2 heterocycles. The molecular weight excluding hydrogens is 450 g/mol. The van der Waals surface area contributed by atoms with Crippen LogP contribution in [0.4, 0.5) is 23.1 Å². The molecule has 9 heteroatoms. The molecule has 1 fully saturated rings. The van der Waals surface area contributed by atoms with Crippen LogP contribution in [0.15, 0.2) is 60.3 Å². The Morgan fingerprint density at radius 2 is 1.94 bits per heavy atom. The minimum absolute atomic E-state index is 0.167. The summed E-state index contributed by atoms with van der Waals surface area (Å²) >= 11 is 0. The molecule has 176 valence electrons. The molecule has 0 unspecified atom stereocenters. The van der Waals surface area contributed by atoms with Gasteiger partial charge in [0.15, 0.2) is 0 Å². The molecular formula is C25H27N5O3S. The third-order valence-electron chi connectivity index (χ3n) is 5.91. The smallest absolute Gasteiger partial charge is 0.229 e. The second-order valence-electron chi connectivity index (χ2n) is 8.77. The molecule has 1 atom stereocenters. The number of nitrogens with zero attached hydrogens (tertiary/aromatic N) is 3. The first-order chi connectivity index (χ1) is 16.3. The van der Waals surface area contributed by atoms with E-state index < -0.39 is 10.0 Å². The van der Waals surface area contributed by atoms with Gasteiger partial charge in [0.25, 0.3) is 0 Å². The van der Waals surface area contributed by atoms with Crippen molar-refractivity contribution in [3.8, 4) is 5.75 Å². The van der Waals surface area contributed by atoms with Crippen LogP contribution >= 0.6 is 0 Å². The fourth-order valence-electron chi connectivity index (χ4n) is 4.29. The number of rotatable bonds is 7. The minimum Gasteiger partial charge on any atom is -0.489 e. The third kappa shape index (κ3) is 5.21. The molecule has 1 aliphatic heterocycles. The van der Waals surface area contributed by atoms with Crippen molar-refractivity contribution in [2.45, 2.75) is 25.9 Å². The molecule has 0 radical (unpaired) electrons. The van der Waals surface area contributed by atoms with Gasteiger partial charge in [0.2, 0.25) is 16.0 Å². The predicted octanol–water partition coefficient (Wildman–Crippen LogP) is 4.34. The molecule has 0 spiro atoms. The lowest BCUT2D eigenvalue weighted by Gasteiger charge is -2.16. The number of anilines is 4. The molecule has 1 aromatic heterocycles. The lowest BCUT2D eigenvalue weighted by molar-refractivity contribution is 0.216. The highest BCUT2D eigenvalue weighted by atomic mass is 32.2. The predicted molar refractivity (Wildman–Crippen MR) is 134 cm³/mol. The number of hydrogen-bond donors (Lipinski definition) is 2. The average molecular weight is 478 g/mol. The van der Waals surface area contributed by atoms with Crippen LogP contribution in [0, 0.1) is 0 Å². The molecule has 2 aliphatic rings. The summed E-state index contributed by atoms with van der Waals surface area (Å²) in [6.45, 7) is 2.99. The SMILES string of the molecule is CC1=Cc2cc(Nc3ccnc(Nc4cccc(O[C@H]5CCN(S(C)(=O)=O)C5)c4)n3)ccc2C1. The molecule has 0 bridgehead atoms. The average Bonchev–Trinajstić information content (AvgIpc) is 3.40. The summed E-state index contributed by atoms with van der Waals surface area (Å²) in [6.07, 6.45) is 6.65. The summed E-state index contributed by atoms with van der Waals surface area (Å²) in [5.41, 5.74) is 5.72. The number of aromatic nitrogens is 2. The van der Waals surface area contributed by atoms with E-state index >= 15 is 0 Å². The number of allylic oxidation sites excluding steroid dienone is 1. The van der Waals surface area contributed by atoms with Gasteiger partial charge in [0.05, 0.1) is 12.8 Å². The number of fused-ring (bicyclic) bond motifs is 1. The maximum atomic E-state index is 11.7. The van der Waals surface area contributed by atoms with E-state index in [4.69, 9.17) is 4.74 Å². The monoisotopic (exact) mass is 477 g/mol. The van der Waals surface area contributed by atoms with Crippen LogP contribution in [-0.4, -0.2) is 48.1 Å². The summed E-state index contributed by atoms with van der Waals surface area (Å²) in [6, 6.07) is 15.7. The van der Waals surface area contributed by atoms with Gasteiger partial charge >= 0.3 is 0 Å². The van der Waals surface area contributed by atoms with Gasteiger partial charge in [-0.25, -0.2) is 13.4 Å². The van der Waals surface area contributed by atoms with E-state index in [1.165, 1.54) is 27.3 Å². The van der Waals surface area contributed by atoms with Gasteiger partial charge in [-0.3, -0.25) is 0 Å². The third-order valence-corrected chi connectivity index (χ3v) is 7.18. The highest BCUT2D eigenvalue weighted by Gasteiger charge is 2.29. The molecule has 0 amide bonds. The Hall–Kier alpha value is -3.43. The number of sulfonamides is 1. The highest BCUT2D eigenvalue weighted by Crippen LogP contribution is 2.29. The molecule has 34 heavy (non-hydrogen) atoms. The Kier molecular flexibility index (Phi) is 5.97. The Morgan fingerprint density at radius 3 is 2.76 bits per heavy atom. The van der Waals surface area contributed by atoms with Crippen LogP contribution in [0.25, 0.3) is 6.08 Å². The molecule has 8 nitrogen and oxygen atoms in total. The molecule has 0 saturated carbocycles. The summed E-state index contributed by atoms with van der Waals surface area (Å²) in [4.78, 5) is 8.91. The van der Waals surface area contributed by atoms with Gasteiger partial charge in [0, 0.05) is 30.2 Å². The second kappa shape index (κ2) is 9.08. The quantitative estimate of drug-likeness (QED) is 0.523. The van der Waals surface area contributed by atoms with Crippen molar-refractivity contribution >= 4 is 39.2 Å². The maximum Gasteiger partial charge on any atom is 0.229 e. The van der Waals surface area contributed by atoms with E-state index in [0.717, 1.165) is 17.8 Å². The Labute approximate surface area is 199 Å². The number of benzene rings is 2. The zero-order valence-corrected chi connectivity index (χ0v) is 20.0. The summed E-state index contributed by atoms with van der Waals surface area (Å²) < 4.78 is 30.9. The summed E-state index contributed by atoms with van der Waals surface area (Å²) in [5, 5.41) is 6.57. The largest absolute Gasteiger partial charge is 0.489 e. The minimum atomic E-state index is -3.19. The van der Waals surface area contributed by atoms with E-state index in [-0.39, 0.29) is 6.10 Å². The van der Waals surface area contributed by atoms with Crippen molar-refractivity contribution in [2.75, 3.05) is 30.0 Å². The number of nitrogens with one attached hydrogen (secondary N) is 2. The second-order valence-corrected chi connectivity index (χ2v) is 10.8. The fraction of sp³-hybridized carbons (Fsp3) is 0.280. The van der Waals surface area contributed by atoms with Crippen molar-refractivity contribution in [3.05, 3.63) is 71.4 Å². The fourth-order valence-corrected chi connectivity index (χ4v) is 5.16. The summed E-state index contributed by atoms with van der Waals surface area (Å²) in [7, 11) is -3.19. The van der Waals surface area contributed by atoms with Crippen LogP contribution < -0.4 is 15.4 Å². The first-order valence-electron chi connectivity index (χ1n) is 11.2. The van der Waals surface area contributed by atoms with Gasteiger partial charge in [-0.05, 0) is 61.2 Å². The van der Waals surface area contributed by atoms with Crippen molar-refractivity contribution in [1.82, 2.24) is 14.3 Å². The molecule has 1 saturated heterocycles. The Balaban J connectivity index is 1.24. The lowest BCUT2D eigenvalue weighted by atomic mass is 10.1. The summed E-state index contributed by atoms with van der Waals surface area (Å²) in [5.74, 6) is 1.82. The molecule has 5 rings (SSSR count). The van der Waals surface area contributed by atoms with E-state index in [9.17, 15) is 8.42 Å². The van der Waals surface area contributed by atoms with Crippen LogP contribution in [0.3, 0.4) is 0 Å². The van der Waals surface area contributed by atoms with Crippen LogP contribution in [0.5, 0.6) is 5.75 Å². The molecule has 2 aromatic carbocycles. The van der Waals surface area contributed by atoms with Gasteiger partial charge < -0.3 is 15.4 Å². The van der Waals surface area contributed by atoms with E-state index in [0.29, 0.717) is 37.0 Å².